The summed E-state index contributed by atoms with van der Waals surface area (Å²) in [6, 6.07) is 8.47. The molecule has 0 amide bonds. The molecule has 0 N–H and O–H groups in total. The number of carbonyl (C=O) groups excluding carboxylic acids is 1. The van der Waals surface area contributed by atoms with Crippen molar-refractivity contribution in [2.24, 2.45) is 0 Å². The van der Waals surface area contributed by atoms with Gasteiger partial charge in [0, 0.05) is 28.2 Å². The van der Waals surface area contributed by atoms with Crippen molar-refractivity contribution in [2.45, 2.75) is 43.4 Å². The van der Waals surface area contributed by atoms with Gasteiger partial charge in [-0.05, 0) is 42.5 Å². The number of ether oxygens (including phenoxy) is 1. The third kappa shape index (κ3) is 2.84. The lowest BCUT2D eigenvalue weighted by Crippen LogP contribution is -2.39. The Morgan fingerprint density at radius 3 is 2.81 bits per heavy atom. The second kappa shape index (κ2) is 6.29. The van der Waals surface area contributed by atoms with E-state index in [4.69, 9.17) is 27.9 Å². The molecule has 1 aromatic heterocycles. The Hall–Kier alpha value is -1.49. The highest BCUT2D eigenvalue weighted by Gasteiger charge is 2.58. The summed E-state index contributed by atoms with van der Waals surface area (Å²) in [6.07, 6.45) is 2.26. The first kappa shape index (κ1) is 17.9. The molecule has 1 fully saturated rings. The van der Waals surface area contributed by atoms with Gasteiger partial charge in [0.25, 0.3) is 0 Å². The predicted octanol–water partition coefficient (Wildman–Crippen LogP) is 5.34. The maximum Gasteiger partial charge on any atom is 0.195 e. The number of carbonyl (C=O) groups is 1. The van der Waals surface area contributed by atoms with Gasteiger partial charge in [0.15, 0.2) is 11.5 Å². The van der Waals surface area contributed by atoms with Crippen LogP contribution in [0.1, 0.15) is 48.9 Å². The van der Waals surface area contributed by atoms with Gasteiger partial charge in [-0.1, -0.05) is 42.3 Å². The average molecular weight is 394 g/mol. The normalized spacial score (nSPS) is 27.8. The van der Waals surface area contributed by atoms with Crippen molar-refractivity contribution in [3.8, 4) is 0 Å². The third-order valence-corrected chi connectivity index (χ3v) is 6.02. The minimum atomic E-state index is -2.03. The second-order valence-corrected chi connectivity index (χ2v) is 8.02. The minimum Gasteiger partial charge on any atom is -0.363 e. The molecule has 3 atom stereocenters. The summed E-state index contributed by atoms with van der Waals surface area (Å²) in [5.41, 5.74) is -0.814. The molecule has 2 aliphatic rings. The number of alkyl halides is 1. The van der Waals surface area contributed by atoms with Gasteiger partial charge in [0.05, 0.1) is 12.3 Å². The molecule has 3 nitrogen and oxygen atoms in total. The van der Waals surface area contributed by atoms with Crippen LogP contribution in [0.2, 0.25) is 10.0 Å². The Morgan fingerprint density at radius 2 is 2.12 bits per heavy atom. The molecule has 2 heterocycles. The standard InChI is InChI=1S/C20H18Cl2FNO2/c1-12(14-5-4-13(21)10-16(14)22)9-17(25)20(23)7-6-19(11-26-19)18-15(20)3-2-8-24-18/h2-5,8,10,12H,6-7,9,11H2,1H3/t12-,19+,20-/m0/s1. The number of benzene rings is 1. The van der Waals surface area contributed by atoms with E-state index in [9.17, 15) is 4.79 Å². The zero-order valence-corrected chi connectivity index (χ0v) is 15.8. The SMILES string of the molecule is C[C@@H](CC(=O)[C@]1(F)CC[C@@]2(CO2)c2ncccc21)c1ccc(Cl)cc1Cl. The highest BCUT2D eigenvalue weighted by atomic mass is 35.5. The summed E-state index contributed by atoms with van der Waals surface area (Å²) < 4.78 is 21.4. The van der Waals surface area contributed by atoms with E-state index in [0.717, 1.165) is 5.56 Å². The van der Waals surface area contributed by atoms with Crippen molar-refractivity contribution in [1.29, 1.82) is 0 Å². The van der Waals surface area contributed by atoms with Crippen LogP contribution in [-0.4, -0.2) is 17.4 Å². The van der Waals surface area contributed by atoms with E-state index < -0.39 is 17.1 Å². The lowest BCUT2D eigenvalue weighted by Gasteiger charge is -2.33. The fourth-order valence-electron chi connectivity index (χ4n) is 3.82. The van der Waals surface area contributed by atoms with Crippen LogP contribution in [0.15, 0.2) is 36.5 Å². The number of hydrogen-bond acceptors (Lipinski definition) is 3. The van der Waals surface area contributed by atoms with Gasteiger partial charge in [0.2, 0.25) is 0 Å². The zero-order valence-electron chi connectivity index (χ0n) is 14.3. The van der Waals surface area contributed by atoms with Crippen molar-refractivity contribution in [3.63, 3.8) is 0 Å². The van der Waals surface area contributed by atoms with Crippen LogP contribution in [0.4, 0.5) is 4.39 Å². The molecule has 0 unspecified atom stereocenters. The van der Waals surface area contributed by atoms with Crippen molar-refractivity contribution in [3.05, 3.63) is 63.4 Å². The largest absolute Gasteiger partial charge is 0.363 e. The first-order valence-corrected chi connectivity index (χ1v) is 9.38. The molecule has 0 radical (unpaired) electrons. The molecule has 1 aliphatic heterocycles. The van der Waals surface area contributed by atoms with Gasteiger partial charge in [-0.2, -0.15) is 0 Å². The fraction of sp³-hybridized carbons (Fsp3) is 0.400. The van der Waals surface area contributed by atoms with E-state index in [1.165, 1.54) is 0 Å². The van der Waals surface area contributed by atoms with Gasteiger partial charge in [0.1, 0.15) is 5.60 Å². The molecule has 1 saturated heterocycles. The summed E-state index contributed by atoms with van der Waals surface area (Å²) in [5.74, 6) is -0.658. The highest BCUT2D eigenvalue weighted by molar-refractivity contribution is 6.35. The number of ketones is 1. The minimum absolute atomic E-state index is 0.0556. The van der Waals surface area contributed by atoms with E-state index >= 15 is 4.39 Å². The Labute approximate surface area is 161 Å². The van der Waals surface area contributed by atoms with E-state index in [1.54, 1.807) is 36.5 Å². The Bertz CT molecular complexity index is 884. The molecule has 4 rings (SSSR count). The first-order chi connectivity index (χ1) is 12.4. The summed E-state index contributed by atoms with van der Waals surface area (Å²) in [7, 11) is 0. The third-order valence-electron chi connectivity index (χ3n) is 5.46. The first-order valence-electron chi connectivity index (χ1n) is 8.63. The molecular weight excluding hydrogens is 376 g/mol. The van der Waals surface area contributed by atoms with Crippen LogP contribution in [0, 0.1) is 0 Å². The van der Waals surface area contributed by atoms with Gasteiger partial charge in [-0.3, -0.25) is 9.78 Å². The number of epoxide rings is 1. The van der Waals surface area contributed by atoms with Gasteiger partial charge in [-0.15, -0.1) is 0 Å². The van der Waals surface area contributed by atoms with E-state index in [-0.39, 0.29) is 18.8 Å². The fourth-order valence-corrected chi connectivity index (χ4v) is 4.42. The van der Waals surface area contributed by atoms with Gasteiger partial charge in [-0.25, -0.2) is 4.39 Å². The number of hydrogen-bond donors (Lipinski definition) is 0. The van der Waals surface area contributed by atoms with Crippen LogP contribution in [-0.2, 0) is 20.8 Å². The smallest absolute Gasteiger partial charge is 0.195 e. The zero-order chi connectivity index (χ0) is 18.5. The molecule has 2 aromatic rings. The van der Waals surface area contributed by atoms with E-state index in [2.05, 4.69) is 4.98 Å². The van der Waals surface area contributed by atoms with Crippen LogP contribution in [0.25, 0.3) is 0 Å². The number of halogens is 3. The maximum atomic E-state index is 15.9. The van der Waals surface area contributed by atoms with Crippen molar-refractivity contribution < 1.29 is 13.9 Å². The van der Waals surface area contributed by atoms with Gasteiger partial charge >= 0.3 is 0 Å². The Morgan fingerprint density at radius 1 is 1.35 bits per heavy atom. The number of Topliss-reactive ketones (excluding diaryl/α,β-unsaturated/α-hetero) is 1. The van der Waals surface area contributed by atoms with Crippen LogP contribution < -0.4 is 0 Å². The van der Waals surface area contributed by atoms with Crippen molar-refractivity contribution in [1.82, 2.24) is 4.98 Å². The maximum absolute atomic E-state index is 15.9. The molecule has 0 saturated carbocycles. The number of fused-ring (bicyclic) bond motifs is 2. The molecule has 1 aromatic carbocycles. The lowest BCUT2D eigenvalue weighted by atomic mass is 9.73. The van der Waals surface area contributed by atoms with Gasteiger partial charge < -0.3 is 4.74 Å². The van der Waals surface area contributed by atoms with Crippen LogP contribution in [0.5, 0.6) is 0 Å². The van der Waals surface area contributed by atoms with E-state index in [0.29, 0.717) is 34.3 Å². The molecule has 26 heavy (non-hydrogen) atoms. The molecule has 136 valence electrons. The summed E-state index contributed by atoms with van der Waals surface area (Å²) in [4.78, 5) is 17.3. The van der Waals surface area contributed by atoms with Crippen molar-refractivity contribution in [2.75, 3.05) is 6.61 Å². The van der Waals surface area contributed by atoms with E-state index in [1.807, 2.05) is 6.92 Å². The van der Waals surface area contributed by atoms with Crippen LogP contribution >= 0.6 is 23.2 Å². The predicted molar refractivity (Wildman–Crippen MR) is 98.4 cm³/mol. The molecular formula is C20H18Cl2FNO2. The quantitative estimate of drug-likeness (QED) is 0.658. The lowest BCUT2D eigenvalue weighted by molar-refractivity contribution is -0.133. The molecule has 1 spiro atoms. The number of aromatic nitrogens is 1. The molecule has 1 aliphatic carbocycles. The molecule has 6 heteroatoms. The Kier molecular flexibility index (Phi) is 4.33. The highest BCUT2D eigenvalue weighted by Crippen LogP contribution is 2.54. The number of pyridine rings is 1. The molecule has 0 bridgehead atoms. The summed E-state index contributed by atoms with van der Waals surface area (Å²) >= 11 is 12.2. The van der Waals surface area contributed by atoms with Crippen molar-refractivity contribution >= 4 is 29.0 Å². The number of nitrogens with zero attached hydrogens (tertiary/aromatic N) is 1. The topological polar surface area (TPSA) is 42.5 Å². The average Bonchev–Trinajstić information content (AvgIpc) is 3.39. The summed E-state index contributed by atoms with van der Waals surface area (Å²) in [5, 5.41) is 1.02. The Balaban J connectivity index is 1.62. The van der Waals surface area contributed by atoms with Crippen LogP contribution in [0.3, 0.4) is 0 Å². The summed E-state index contributed by atoms with van der Waals surface area (Å²) in [6.45, 7) is 2.41. The number of rotatable bonds is 4. The second-order valence-electron chi connectivity index (χ2n) is 7.18. The monoisotopic (exact) mass is 393 g/mol.